The molecular weight excluding hydrogens is 274 g/mol. The number of hydrogen-bond acceptors (Lipinski definition) is 2. The van der Waals surface area contributed by atoms with Gasteiger partial charge in [0.15, 0.2) is 0 Å². The lowest BCUT2D eigenvalue weighted by molar-refractivity contribution is 0.0486. The maximum absolute atomic E-state index is 13.6. The van der Waals surface area contributed by atoms with Gasteiger partial charge >= 0.3 is 5.97 Å². The lowest BCUT2D eigenvalue weighted by atomic mass is 10.1. The van der Waals surface area contributed by atoms with Gasteiger partial charge in [0.2, 0.25) is 0 Å². The molecule has 106 valence electrons. The number of carbonyl (C=O) groups excluding carboxylic acids is 1. The molecule has 0 heterocycles. The first kappa shape index (κ1) is 15.9. The molecule has 0 saturated heterocycles. The Labute approximate surface area is 116 Å². The SMILES string of the molecule is Cc1ccc(F)c(C(=O)OCCCCCCCl)c1F. The Morgan fingerprint density at radius 3 is 2.58 bits per heavy atom. The fraction of sp³-hybridized carbons (Fsp3) is 0.500. The van der Waals surface area contributed by atoms with Crippen LogP contribution in [0.2, 0.25) is 0 Å². The number of ether oxygens (including phenoxy) is 1. The van der Waals surface area contributed by atoms with Gasteiger partial charge in [-0.15, -0.1) is 11.6 Å². The van der Waals surface area contributed by atoms with Crippen LogP contribution >= 0.6 is 11.6 Å². The minimum Gasteiger partial charge on any atom is -0.462 e. The molecule has 0 aromatic heterocycles. The maximum atomic E-state index is 13.6. The van der Waals surface area contributed by atoms with Crippen LogP contribution in [0.15, 0.2) is 12.1 Å². The fourth-order valence-electron chi connectivity index (χ4n) is 1.63. The van der Waals surface area contributed by atoms with E-state index in [1.54, 1.807) is 0 Å². The Bertz CT molecular complexity index is 436. The van der Waals surface area contributed by atoms with Crippen molar-refractivity contribution in [2.75, 3.05) is 12.5 Å². The molecule has 1 aromatic carbocycles. The molecule has 2 nitrogen and oxygen atoms in total. The van der Waals surface area contributed by atoms with Gasteiger partial charge in [-0.25, -0.2) is 13.6 Å². The summed E-state index contributed by atoms with van der Waals surface area (Å²) in [5.74, 6) is -2.09. The van der Waals surface area contributed by atoms with E-state index in [9.17, 15) is 13.6 Å². The van der Waals surface area contributed by atoms with Gasteiger partial charge in [-0.05, 0) is 31.4 Å². The molecule has 0 aliphatic rings. The number of esters is 1. The van der Waals surface area contributed by atoms with Gasteiger partial charge < -0.3 is 4.74 Å². The van der Waals surface area contributed by atoms with E-state index >= 15 is 0 Å². The summed E-state index contributed by atoms with van der Waals surface area (Å²) in [5.41, 5.74) is -0.392. The standard InChI is InChI=1S/C14H17ClF2O2/c1-10-6-7-11(16)12(13(10)17)14(18)19-9-5-3-2-4-8-15/h6-7H,2-5,8-9H2,1H3. The number of benzene rings is 1. The van der Waals surface area contributed by atoms with Crippen molar-refractivity contribution in [3.63, 3.8) is 0 Å². The summed E-state index contributed by atoms with van der Waals surface area (Å²) in [6, 6.07) is 2.35. The second-order valence-electron chi connectivity index (χ2n) is 4.29. The number of alkyl halides is 1. The Hall–Kier alpha value is -1.16. The first-order valence-electron chi connectivity index (χ1n) is 6.25. The average molecular weight is 291 g/mol. The van der Waals surface area contributed by atoms with E-state index in [1.165, 1.54) is 13.0 Å². The molecule has 5 heteroatoms. The van der Waals surface area contributed by atoms with Crippen LogP contribution in [0.3, 0.4) is 0 Å². The van der Waals surface area contributed by atoms with Gasteiger partial charge in [0.05, 0.1) is 6.61 Å². The highest BCUT2D eigenvalue weighted by molar-refractivity contribution is 6.17. The molecule has 1 rings (SSSR count). The summed E-state index contributed by atoms with van der Waals surface area (Å²) < 4.78 is 31.9. The van der Waals surface area contributed by atoms with Gasteiger partial charge in [0.1, 0.15) is 17.2 Å². The van der Waals surface area contributed by atoms with Crippen LogP contribution in [0.5, 0.6) is 0 Å². The lowest BCUT2D eigenvalue weighted by Crippen LogP contribution is -2.12. The van der Waals surface area contributed by atoms with Crippen molar-refractivity contribution in [3.8, 4) is 0 Å². The van der Waals surface area contributed by atoms with E-state index in [4.69, 9.17) is 16.3 Å². The van der Waals surface area contributed by atoms with E-state index in [2.05, 4.69) is 0 Å². The topological polar surface area (TPSA) is 26.3 Å². The molecule has 0 atom stereocenters. The second kappa shape index (κ2) is 8.10. The first-order valence-corrected chi connectivity index (χ1v) is 6.79. The summed E-state index contributed by atoms with van der Waals surface area (Å²) in [4.78, 5) is 11.6. The van der Waals surface area contributed by atoms with Crippen molar-refractivity contribution < 1.29 is 18.3 Å². The average Bonchev–Trinajstić information content (AvgIpc) is 2.38. The Morgan fingerprint density at radius 1 is 1.21 bits per heavy atom. The van der Waals surface area contributed by atoms with Gasteiger partial charge in [-0.2, -0.15) is 0 Å². The number of unbranched alkanes of at least 4 members (excludes halogenated alkanes) is 3. The van der Waals surface area contributed by atoms with Crippen molar-refractivity contribution in [1.82, 2.24) is 0 Å². The number of hydrogen-bond donors (Lipinski definition) is 0. The largest absolute Gasteiger partial charge is 0.462 e. The molecule has 0 aliphatic heterocycles. The third-order valence-electron chi connectivity index (χ3n) is 2.75. The number of rotatable bonds is 7. The van der Waals surface area contributed by atoms with Gasteiger partial charge in [-0.3, -0.25) is 0 Å². The monoisotopic (exact) mass is 290 g/mol. The number of carbonyl (C=O) groups is 1. The third kappa shape index (κ3) is 4.78. The molecular formula is C14H17ClF2O2. The van der Waals surface area contributed by atoms with E-state index in [-0.39, 0.29) is 12.2 Å². The molecule has 0 N–H and O–H groups in total. The van der Waals surface area contributed by atoms with Crippen LogP contribution in [0.4, 0.5) is 8.78 Å². The zero-order valence-corrected chi connectivity index (χ0v) is 11.6. The number of halogens is 3. The highest BCUT2D eigenvalue weighted by Gasteiger charge is 2.20. The van der Waals surface area contributed by atoms with Crippen LogP contribution in [0.25, 0.3) is 0 Å². The Balaban J connectivity index is 2.48. The van der Waals surface area contributed by atoms with Crippen molar-refractivity contribution in [2.24, 2.45) is 0 Å². The van der Waals surface area contributed by atoms with Crippen molar-refractivity contribution >= 4 is 17.6 Å². The van der Waals surface area contributed by atoms with Crippen LogP contribution in [-0.4, -0.2) is 18.5 Å². The molecule has 0 saturated carbocycles. The summed E-state index contributed by atoms with van der Waals surface area (Å²) in [7, 11) is 0. The fourth-order valence-corrected chi connectivity index (χ4v) is 1.82. The van der Waals surface area contributed by atoms with Gasteiger partial charge in [0.25, 0.3) is 0 Å². The second-order valence-corrected chi connectivity index (χ2v) is 4.67. The maximum Gasteiger partial charge on any atom is 0.344 e. The van der Waals surface area contributed by atoms with E-state index < -0.39 is 23.2 Å². The molecule has 19 heavy (non-hydrogen) atoms. The molecule has 0 radical (unpaired) electrons. The summed E-state index contributed by atoms with van der Waals surface area (Å²) in [6.45, 7) is 1.63. The third-order valence-corrected chi connectivity index (χ3v) is 3.02. The Kier molecular flexibility index (Phi) is 6.78. The zero-order valence-electron chi connectivity index (χ0n) is 10.8. The highest BCUT2D eigenvalue weighted by atomic mass is 35.5. The van der Waals surface area contributed by atoms with Crippen molar-refractivity contribution in [3.05, 3.63) is 34.9 Å². The summed E-state index contributed by atoms with van der Waals surface area (Å²) >= 11 is 5.53. The molecule has 0 fully saturated rings. The van der Waals surface area contributed by atoms with E-state index in [0.717, 1.165) is 25.3 Å². The van der Waals surface area contributed by atoms with Crippen LogP contribution in [0.1, 0.15) is 41.6 Å². The van der Waals surface area contributed by atoms with E-state index in [0.29, 0.717) is 12.3 Å². The predicted octanol–water partition coefficient (Wildman–Crippen LogP) is 4.23. The summed E-state index contributed by atoms with van der Waals surface area (Å²) in [6.07, 6.45) is 3.40. The molecule has 0 spiro atoms. The number of aryl methyl sites for hydroxylation is 1. The smallest absolute Gasteiger partial charge is 0.344 e. The van der Waals surface area contributed by atoms with Crippen LogP contribution in [0, 0.1) is 18.6 Å². The minimum absolute atomic E-state index is 0.161. The molecule has 0 unspecified atom stereocenters. The molecule has 1 aromatic rings. The predicted molar refractivity (Wildman–Crippen MR) is 70.6 cm³/mol. The van der Waals surface area contributed by atoms with Crippen molar-refractivity contribution in [1.29, 1.82) is 0 Å². The van der Waals surface area contributed by atoms with E-state index in [1.807, 2.05) is 0 Å². The van der Waals surface area contributed by atoms with Crippen molar-refractivity contribution in [2.45, 2.75) is 32.6 Å². The van der Waals surface area contributed by atoms with Gasteiger partial charge in [0, 0.05) is 5.88 Å². The first-order chi connectivity index (χ1) is 9.07. The zero-order chi connectivity index (χ0) is 14.3. The lowest BCUT2D eigenvalue weighted by Gasteiger charge is -2.08. The molecule has 0 amide bonds. The molecule has 0 bridgehead atoms. The minimum atomic E-state index is -0.948. The normalized spacial score (nSPS) is 10.5. The van der Waals surface area contributed by atoms with Gasteiger partial charge in [-0.1, -0.05) is 18.9 Å². The summed E-state index contributed by atoms with van der Waals surface area (Å²) in [5, 5.41) is 0. The Morgan fingerprint density at radius 2 is 1.89 bits per heavy atom. The molecule has 0 aliphatic carbocycles. The van der Waals surface area contributed by atoms with Crippen LogP contribution in [-0.2, 0) is 4.74 Å². The quantitative estimate of drug-likeness (QED) is 0.427. The van der Waals surface area contributed by atoms with Crippen LogP contribution < -0.4 is 0 Å². The highest BCUT2D eigenvalue weighted by Crippen LogP contribution is 2.17.